The van der Waals surface area contributed by atoms with Crippen LogP contribution in [-0.2, 0) is 0 Å². The first-order valence-corrected chi connectivity index (χ1v) is 9.54. The van der Waals surface area contributed by atoms with E-state index in [0.717, 1.165) is 28.1 Å². The SMILES string of the molecule is COc1ccc([C@@H]2c3c(-c4ccc(F)cc4)n[nH]c3C(=O)N2c2ccccc2)cc1. The van der Waals surface area contributed by atoms with Gasteiger partial charge in [-0.25, -0.2) is 4.39 Å². The summed E-state index contributed by atoms with van der Waals surface area (Å²) >= 11 is 0. The lowest BCUT2D eigenvalue weighted by molar-refractivity contribution is 0.0989. The van der Waals surface area contributed by atoms with Crippen LogP contribution in [0, 0.1) is 5.82 Å². The molecule has 0 radical (unpaired) electrons. The van der Waals surface area contributed by atoms with E-state index < -0.39 is 0 Å². The number of aromatic amines is 1. The number of anilines is 1. The molecule has 1 N–H and O–H groups in total. The Balaban J connectivity index is 1.70. The monoisotopic (exact) mass is 399 g/mol. The minimum absolute atomic E-state index is 0.155. The summed E-state index contributed by atoms with van der Waals surface area (Å²) in [5.41, 5.74) is 4.32. The smallest absolute Gasteiger partial charge is 0.277 e. The number of carbonyl (C=O) groups excluding carboxylic acids is 1. The van der Waals surface area contributed by atoms with Gasteiger partial charge < -0.3 is 4.74 Å². The second kappa shape index (κ2) is 7.15. The maximum Gasteiger partial charge on any atom is 0.277 e. The number of nitrogens with one attached hydrogen (secondary N) is 1. The quantitative estimate of drug-likeness (QED) is 0.527. The van der Waals surface area contributed by atoms with Crippen molar-refractivity contribution in [2.45, 2.75) is 6.04 Å². The highest BCUT2D eigenvalue weighted by molar-refractivity contribution is 6.11. The first-order chi connectivity index (χ1) is 14.7. The van der Waals surface area contributed by atoms with Crippen LogP contribution in [0.3, 0.4) is 0 Å². The van der Waals surface area contributed by atoms with E-state index in [1.165, 1.54) is 12.1 Å². The van der Waals surface area contributed by atoms with Crippen LogP contribution < -0.4 is 9.64 Å². The molecule has 148 valence electrons. The maximum atomic E-state index is 13.5. The van der Waals surface area contributed by atoms with E-state index in [9.17, 15) is 9.18 Å². The third kappa shape index (κ3) is 2.85. The fourth-order valence-electron chi connectivity index (χ4n) is 3.93. The molecule has 0 saturated carbocycles. The number of halogens is 1. The first kappa shape index (κ1) is 18.1. The van der Waals surface area contributed by atoms with Crippen molar-refractivity contribution in [2.75, 3.05) is 12.0 Å². The van der Waals surface area contributed by atoms with Crippen molar-refractivity contribution in [3.05, 3.63) is 102 Å². The molecule has 0 bridgehead atoms. The van der Waals surface area contributed by atoms with Gasteiger partial charge in [-0.15, -0.1) is 0 Å². The molecule has 1 aliphatic rings. The Morgan fingerprint density at radius 1 is 0.967 bits per heavy atom. The van der Waals surface area contributed by atoms with Gasteiger partial charge >= 0.3 is 0 Å². The predicted molar refractivity (Wildman–Crippen MR) is 112 cm³/mol. The zero-order valence-electron chi connectivity index (χ0n) is 16.2. The van der Waals surface area contributed by atoms with E-state index in [2.05, 4.69) is 10.2 Å². The number of rotatable bonds is 4. The molecule has 0 saturated heterocycles. The normalized spacial score (nSPS) is 15.3. The number of hydrogen-bond donors (Lipinski definition) is 1. The minimum atomic E-state index is -0.375. The number of hydrogen-bond acceptors (Lipinski definition) is 3. The summed E-state index contributed by atoms with van der Waals surface area (Å²) in [6, 6.07) is 22.9. The fourth-order valence-corrected chi connectivity index (χ4v) is 3.93. The number of aromatic nitrogens is 2. The molecule has 2 heterocycles. The van der Waals surface area contributed by atoms with Gasteiger partial charge in [-0.2, -0.15) is 5.10 Å². The van der Waals surface area contributed by atoms with Crippen LogP contribution in [0.2, 0.25) is 0 Å². The summed E-state index contributed by atoms with van der Waals surface area (Å²) < 4.78 is 18.7. The Hall–Kier alpha value is -3.93. The number of H-pyrrole nitrogens is 1. The van der Waals surface area contributed by atoms with Crippen LogP contribution in [-0.4, -0.2) is 23.2 Å². The van der Waals surface area contributed by atoms with Gasteiger partial charge in [0.15, 0.2) is 0 Å². The van der Waals surface area contributed by atoms with E-state index in [0.29, 0.717) is 11.4 Å². The average molecular weight is 399 g/mol. The zero-order chi connectivity index (χ0) is 20.7. The summed E-state index contributed by atoms with van der Waals surface area (Å²) in [7, 11) is 1.62. The molecule has 4 aromatic rings. The number of carbonyl (C=O) groups is 1. The molecule has 0 unspecified atom stereocenters. The molecule has 1 amide bonds. The number of nitrogens with zero attached hydrogens (tertiary/aromatic N) is 2. The molecule has 6 heteroatoms. The van der Waals surface area contributed by atoms with E-state index >= 15 is 0 Å². The van der Waals surface area contributed by atoms with Gasteiger partial charge in [0.25, 0.3) is 5.91 Å². The topological polar surface area (TPSA) is 58.2 Å². The van der Waals surface area contributed by atoms with Gasteiger partial charge in [0.2, 0.25) is 0 Å². The van der Waals surface area contributed by atoms with Crippen molar-refractivity contribution in [1.29, 1.82) is 0 Å². The first-order valence-electron chi connectivity index (χ1n) is 9.54. The Kier molecular flexibility index (Phi) is 4.32. The van der Waals surface area contributed by atoms with Gasteiger partial charge in [-0.1, -0.05) is 30.3 Å². The van der Waals surface area contributed by atoms with Crippen LogP contribution in [0.4, 0.5) is 10.1 Å². The third-order valence-electron chi connectivity index (χ3n) is 5.35. The van der Waals surface area contributed by atoms with Crippen molar-refractivity contribution in [2.24, 2.45) is 0 Å². The van der Waals surface area contributed by atoms with Crippen molar-refractivity contribution in [3.63, 3.8) is 0 Å². The second-order valence-corrected chi connectivity index (χ2v) is 7.05. The van der Waals surface area contributed by atoms with Gasteiger partial charge in [0.05, 0.1) is 18.8 Å². The number of para-hydroxylation sites is 1. The zero-order valence-corrected chi connectivity index (χ0v) is 16.2. The lowest BCUT2D eigenvalue weighted by Crippen LogP contribution is -2.29. The summed E-state index contributed by atoms with van der Waals surface area (Å²) in [5.74, 6) is 0.262. The number of amides is 1. The van der Waals surface area contributed by atoms with Crippen molar-refractivity contribution in [3.8, 4) is 17.0 Å². The molecule has 1 aromatic heterocycles. The van der Waals surface area contributed by atoms with Crippen LogP contribution in [0.5, 0.6) is 5.75 Å². The lowest BCUT2D eigenvalue weighted by Gasteiger charge is -2.26. The van der Waals surface area contributed by atoms with E-state index in [1.54, 1.807) is 24.1 Å². The number of benzene rings is 3. The highest BCUT2D eigenvalue weighted by atomic mass is 19.1. The fraction of sp³-hybridized carbons (Fsp3) is 0.0833. The average Bonchev–Trinajstić information content (AvgIpc) is 3.34. The molecule has 3 aromatic carbocycles. The second-order valence-electron chi connectivity index (χ2n) is 7.05. The standard InChI is InChI=1S/C24H18FN3O2/c1-30-19-13-9-16(10-14-19)23-20-21(15-7-11-17(25)12-8-15)26-27-22(20)24(29)28(23)18-5-3-2-4-6-18/h2-14,23H,1H3,(H,26,27)/t23-/m1/s1. The van der Waals surface area contributed by atoms with E-state index in [1.807, 2.05) is 54.6 Å². The molecule has 5 nitrogen and oxygen atoms in total. The van der Waals surface area contributed by atoms with Gasteiger partial charge in [0.1, 0.15) is 17.3 Å². The molecule has 1 aliphatic heterocycles. The molecular weight excluding hydrogens is 381 g/mol. The number of methoxy groups -OCH3 is 1. The van der Waals surface area contributed by atoms with Crippen LogP contribution in [0.1, 0.15) is 27.7 Å². The molecule has 0 fully saturated rings. The predicted octanol–water partition coefficient (Wildman–Crippen LogP) is 4.97. The highest BCUT2D eigenvalue weighted by Crippen LogP contribution is 2.45. The Bertz CT molecular complexity index is 1200. The minimum Gasteiger partial charge on any atom is -0.497 e. The summed E-state index contributed by atoms with van der Waals surface area (Å²) in [4.78, 5) is 15.1. The van der Waals surface area contributed by atoms with Gasteiger partial charge in [0, 0.05) is 16.8 Å². The van der Waals surface area contributed by atoms with Gasteiger partial charge in [-0.3, -0.25) is 14.8 Å². The highest BCUT2D eigenvalue weighted by Gasteiger charge is 2.43. The molecular formula is C24H18FN3O2. The van der Waals surface area contributed by atoms with Crippen LogP contribution in [0.15, 0.2) is 78.9 Å². The summed E-state index contributed by atoms with van der Waals surface area (Å²) in [6.45, 7) is 0. The molecule has 0 spiro atoms. The van der Waals surface area contributed by atoms with Crippen molar-refractivity contribution >= 4 is 11.6 Å². The molecule has 0 aliphatic carbocycles. The Morgan fingerprint density at radius 2 is 1.67 bits per heavy atom. The van der Waals surface area contributed by atoms with Crippen molar-refractivity contribution < 1.29 is 13.9 Å². The van der Waals surface area contributed by atoms with E-state index in [4.69, 9.17) is 4.74 Å². The Labute approximate surface area is 172 Å². The lowest BCUT2D eigenvalue weighted by atomic mass is 9.95. The molecule has 5 rings (SSSR count). The largest absolute Gasteiger partial charge is 0.497 e. The van der Waals surface area contributed by atoms with E-state index in [-0.39, 0.29) is 17.8 Å². The number of ether oxygens (including phenoxy) is 1. The van der Waals surface area contributed by atoms with Gasteiger partial charge in [-0.05, 0) is 54.1 Å². The molecule has 30 heavy (non-hydrogen) atoms. The Morgan fingerprint density at radius 3 is 2.33 bits per heavy atom. The maximum absolute atomic E-state index is 13.5. The van der Waals surface area contributed by atoms with Crippen LogP contribution >= 0.6 is 0 Å². The number of fused-ring (bicyclic) bond motifs is 1. The van der Waals surface area contributed by atoms with Crippen LogP contribution in [0.25, 0.3) is 11.3 Å². The third-order valence-corrected chi connectivity index (χ3v) is 5.35. The van der Waals surface area contributed by atoms with Crippen molar-refractivity contribution in [1.82, 2.24) is 10.2 Å². The summed E-state index contributed by atoms with van der Waals surface area (Å²) in [6.07, 6.45) is 0. The summed E-state index contributed by atoms with van der Waals surface area (Å²) in [5, 5.41) is 7.32. The molecule has 1 atom stereocenters.